The normalized spacial score (nSPS) is 14.4. The number of thiophene rings is 1. The van der Waals surface area contributed by atoms with E-state index < -0.39 is 0 Å². The monoisotopic (exact) mass is 444 g/mol. The quantitative estimate of drug-likeness (QED) is 0.432. The van der Waals surface area contributed by atoms with E-state index in [1.807, 2.05) is 22.6 Å². The molecule has 1 fully saturated rings. The van der Waals surface area contributed by atoms with Crippen molar-refractivity contribution in [2.45, 2.75) is 27.7 Å². The maximum absolute atomic E-state index is 13.3. The molecule has 0 atom stereocenters. The summed E-state index contributed by atoms with van der Waals surface area (Å²) in [6, 6.07) is 16.8. The van der Waals surface area contributed by atoms with Crippen molar-refractivity contribution in [3.05, 3.63) is 75.8 Å². The minimum Gasteiger partial charge on any atom is -0.368 e. The third kappa shape index (κ3) is 3.58. The van der Waals surface area contributed by atoms with Crippen LogP contribution >= 0.6 is 11.3 Å². The second-order valence-electron chi connectivity index (χ2n) is 8.66. The number of anilines is 1. The molecule has 4 aromatic rings. The Kier molecular flexibility index (Phi) is 5.25. The Hall–Kier alpha value is -3.12. The highest BCUT2D eigenvalue weighted by Crippen LogP contribution is 2.32. The Labute approximate surface area is 192 Å². The lowest BCUT2D eigenvalue weighted by molar-refractivity contribution is 0.0751. The van der Waals surface area contributed by atoms with Crippen molar-refractivity contribution in [1.29, 1.82) is 0 Å². The van der Waals surface area contributed by atoms with Crippen LogP contribution in [0, 0.1) is 27.7 Å². The molecule has 0 spiro atoms. The van der Waals surface area contributed by atoms with Crippen LogP contribution in [0.3, 0.4) is 0 Å². The molecule has 0 saturated carbocycles. The zero-order valence-corrected chi connectivity index (χ0v) is 19.9. The number of carbonyl (C=O) groups excluding carboxylic acids is 1. The molecule has 1 saturated heterocycles. The summed E-state index contributed by atoms with van der Waals surface area (Å²) >= 11 is 1.54. The molecule has 2 aromatic carbocycles. The number of aromatic nitrogens is 2. The van der Waals surface area contributed by atoms with Gasteiger partial charge in [-0.15, -0.1) is 11.3 Å². The van der Waals surface area contributed by atoms with E-state index in [1.165, 1.54) is 22.4 Å². The standard InChI is InChI=1S/C26H28N4OS/c1-17-8-10-21(11-9-17)30-26-22(20(4)27-30)16-24(32-26)25(31)29-14-12-28(13-15-29)23-7-5-6-18(2)19(23)3/h5-11,16H,12-15H2,1-4H3. The predicted octanol–water partition coefficient (Wildman–Crippen LogP) is 5.28. The Balaban J connectivity index is 1.36. The minimum atomic E-state index is 0.127. The SMILES string of the molecule is Cc1ccc(-n2nc(C)c3cc(C(=O)N4CCN(c5cccc(C)c5C)CC4)sc32)cc1. The van der Waals surface area contributed by atoms with Crippen LogP contribution in [0.15, 0.2) is 48.5 Å². The summed E-state index contributed by atoms with van der Waals surface area (Å²) in [6.45, 7) is 11.6. The van der Waals surface area contributed by atoms with Gasteiger partial charge in [0, 0.05) is 37.3 Å². The van der Waals surface area contributed by atoms with Gasteiger partial charge < -0.3 is 9.80 Å². The lowest BCUT2D eigenvalue weighted by Gasteiger charge is -2.36. The number of hydrogen-bond acceptors (Lipinski definition) is 4. The van der Waals surface area contributed by atoms with Gasteiger partial charge in [-0.1, -0.05) is 29.8 Å². The Morgan fingerprint density at radius 1 is 0.938 bits per heavy atom. The fourth-order valence-corrected chi connectivity index (χ4v) is 5.55. The van der Waals surface area contributed by atoms with Gasteiger partial charge in [-0.25, -0.2) is 4.68 Å². The number of fused-ring (bicyclic) bond motifs is 1. The topological polar surface area (TPSA) is 41.4 Å². The summed E-state index contributed by atoms with van der Waals surface area (Å²) < 4.78 is 1.96. The fourth-order valence-electron chi connectivity index (χ4n) is 4.40. The van der Waals surface area contributed by atoms with Gasteiger partial charge in [-0.05, 0) is 63.1 Å². The Morgan fingerprint density at radius 3 is 2.38 bits per heavy atom. The molecule has 1 aliphatic rings. The summed E-state index contributed by atoms with van der Waals surface area (Å²) in [5.41, 5.74) is 7.12. The maximum atomic E-state index is 13.3. The number of benzene rings is 2. The summed E-state index contributed by atoms with van der Waals surface area (Å²) in [6.07, 6.45) is 0. The highest BCUT2D eigenvalue weighted by Gasteiger charge is 2.25. The largest absolute Gasteiger partial charge is 0.368 e. The van der Waals surface area contributed by atoms with Gasteiger partial charge in [0.25, 0.3) is 5.91 Å². The third-order valence-electron chi connectivity index (χ3n) is 6.52. The van der Waals surface area contributed by atoms with Gasteiger partial charge in [-0.3, -0.25) is 4.79 Å². The van der Waals surface area contributed by atoms with Crippen LogP contribution < -0.4 is 4.90 Å². The second-order valence-corrected chi connectivity index (χ2v) is 9.69. The lowest BCUT2D eigenvalue weighted by Crippen LogP contribution is -2.48. The molecule has 5 rings (SSSR count). The van der Waals surface area contributed by atoms with Gasteiger partial charge in [0.05, 0.1) is 16.3 Å². The van der Waals surface area contributed by atoms with Gasteiger partial charge in [0.2, 0.25) is 0 Å². The molecule has 164 valence electrons. The molecule has 0 N–H and O–H groups in total. The first kappa shape index (κ1) is 20.8. The van der Waals surface area contributed by atoms with E-state index in [4.69, 9.17) is 5.10 Å². The molecule has 2 aromatic heterocycles. The lowest BCUT2D eigenvalue weighted by atomic mass is 10.1. The van der Waals surface area contributed by atoms with Crippen LogP contribution in [0.4, 0.5) is 5.69 Å². The molecule has 5 nitrogen and oxygen atoms in total. The van der Waals surface area contributed by atoms with Crippen molar-refractivity contribution in [3.63, 3.8) is 0 Å². The molecular formula is C26H28N4OS. The van der Waals surface area contributed by atoms with Crippen LogP contribution in [0.25, 0.3) is 15.9 Å². The van der Waals surface area contributed by atoms with Crippen LogP contribution in [0.1, 0.15) is 32.1 Å². The van der Waals surface area contributed by atoms with E-state index in [0.29, 0.717) is 0 Å². The number of nitrogens with zero attached hydrogens (tertiary/aromatic N) is 4. The number of rotatable bonds is 3. The van der Waals surface area contributed by atoms with Crippen LogP contribution in [0.2, 0.25) is 0 Å². The van der Waals surface area contributed by atoms with E-state index in [-0.39, 0.29) is 5.91 Å². The van der Waals surface area contributed by atoms with Crippen molar-refractivity contribution < 1.29 is 4.79 Å². The molecule has 32 heavy (non-hydrogen) atoms. The first-order valence-corrected chi connectivity index (χ1v) is 11.9. The van der Waals surface area contributed by atoms with E-state index in [2.05, 4.69) is 68.1 Å². The number of amides is 1. The molecule has 1 amide bonds. The minimum absolute atomic E-state index is 0.127. The fraction of sp³-hybridized carbons (Fsp3) is 0.308. The molecule has 1 aliphatic heterocycles. The molecule has 0 unspecified atom stereocenters. The summed E-state index contributed by atoms with van der Waals surface area (Å²) in [7, 11) is 0. The highest BCUT2D eigenvalue weighted by atomic mass is 32.1. The molecule has 0 aliphatic carbocycles. The van der Waals surface area contributed by atoms with E-state index in [0.717, 1.165) is 52.7 Å². The molecular weight excluding hydrogens is 416 g/mol. The summed E-state index contributed by atoms with van der Waals surface area (Å²) in [5, 5.41) is 5.78. The zero-order chi connectivity index (χ0) is 22.4. The van der Waals surface area contributed by atoms with Crippen molar-refractivity contribution >= 4 is 33.1 Å². The van der Waals surface area contributed by atoms with E-state index in [1.54, 1.807) is 11.3 Å². The Morgan fingerprint density at radius 2 is 1.66 bits per heavy atom. The van der Waals surface area contributed by atoms with Crippen molar-refractivity contribution in [2.24, 2.45) is 0 Å². The average molecular weight is 445 g/mol. The van der Waals surface area contributed by atoms with Crippen molar-refractivity contribution in [1.82, 2.24) is 14.7 Å². The molecule has 3 heterocycles. The zero-order valence-electron chi connectivity index (χ0n) is 19.1. The number of piperazine rings is 1. The first-order valence-electron chi connectivity index (χ1n) is 11.1. The van der Waals surface area contributed by atoms with Gasteiger partial charge in [0.15, 0.2) is 0 Å². The smallest absolute Gasteiger partial charge is 0.264 e. The number of hydrogen-bond donors (Lipinski definition) is 0. The van der Waals surface area contributed by atoms with Crippen molar-refractivity contribution in [2.75, 3.05) is 31.1 Å². The molecule has 0 bridgehead atoms. The number of aryl methyl sites for hydroxylation is 3. The first-order chi connectivity index (χ1) is 15.4. The second kappa shape index (κ2) is 8.10. The molecule has 6 heteroatoms. The predicted molar refractivity (Wildman–Crippen MR) is 132 cm³/mol. The highest BCUT2D eigenvalue weighted by molar-refractivity contribution is 7.20. The maximum Gasteiger partial charge on any atom is 0.264 e. The molecule has 0 radical (unpaired) electrons. The van der Waals surface area contributed by atoms with Crippen LogP contribution in [-0.2, 0) is 0 Å². The van der Waals surface area contributed by atoms with E-state index in [9.17, 15) is 4.79 Å². The summed E-state index contributed by atoms with van der Waals surface area (Å²) in [5.74, 6) is 0.127. The van der Waals surface area contributed by atoms with Crippen molar-refractivity contribution in [3.8, 4) is 5.69 Å². The van der Waals surface area contributed by atoms with Crippen LogP contribution in [0.5, 0.6) is 0 Å². The van der Waals surface area contributed by atoms with Gasteiger partial charge in [0.1, 0.15) is 4.83 Å². The number of carbonyl (C=O) groups is 1. The summed E-state index contributed by atoms with van der Waals surface area (Å²) in [4.78, 5) is 19.5. The van der Waals surface area contributed by atoms with Crippen LogP contribution in [-0.4, -0.2) is 46.8 Å². The Bertz CT molecular complexity index is 1290. The average Bonchev–Trinajstić information content (AvgIpc) is 3.37. The van der Waals surface area contributed by atoms with Gasteiger partial charge >= 0.3 is 0 Å². The third-order valence-corrected chi connectivity index (χ3v) is 7.62. The van der Waals surface area contributed by atoms with Gasteiger partial charge in [-0.2, -0.15) is 5.10 Å². The van der Waals surface area contributed by atoms with E-state index >= 15 is 0 Å².